The van der Waals surface area contributed by atoms with Gasteiger partial charge in [-0.05, 0) is 49.6 Å². The molecule has 0 saturated heterocycles. The molecule has 0 aromatic carbocycles. The van der Waals surface area contributed by atoms with Crippen LogP contribution in [0.25, 0.3) is 0 Å². The van der Waals surface area contributed by atoms with Crippen molar-refractivity contribution >= 4 is 0 Å². The van der Waals surface area contributed by atoms with E-state index in [-0.39, 0.29) is 6.10 Å². The highest BCUT2D eigenvalue weighted by Crippen LogP contribution is 2.18. The lowest BCUT2D eigenvalue weighted by Gasteiger charge is -2.21. The molecule has 0 aliphatic heterocycles. The Kier molecular flexibility index (Phi) is 15.1. The summed E-state index contributed by atoms with van der Waals surface area (Å²) in [6.07, 6.45) is 7.42. The predicted molar refractivity (Wildman–Crippen MR) is 107 cm³/mol. The number of rotatable bonds is 16. The van der Waals surface area contributed by atoms with Crippen LogP contribution in [0.5, 0.6) is 0 Å². The lowest BCUT2D eigenvalue weighted by molar-refractivity contribution is 0.164. The van der Waals surface area contributed by atoms with Gasteiger partial charge in [-0.25, -0.2) is 0 Å². The molecule has 0 aromatic rings. The predicted octanol–water partition coefficient (Wildman–Crippen LogP) is 4.45. The summed E-state index contributed by atoms with van der Waals surface area (Å²) in [5.41, 5.74) is 0. The largest absolute Gasteiger partial charge is 0.390 e. The van der Waals surface area contributed by atoms with Crippen LogP contribution in [-0.2, 0) is 0 Å². The zero-order chi connectivity index (χ0) is 18.4. The number of hydrogen-bond donors (Lipinski definition) is 3. The molecule has 3 nitrogen and oxygen atoms in total. The maximum atomic E-state index is 10.1. The van der Waals surface area contributed by atoms with E-state index in [1.807, 2.05) is 0 Å². The molecular formula is C21H46N2O. The molecule has 146 valence electrons. The van der Waals surface area contributed by atoms with Gasteiger partial charge in [-0.15, -0.1) is 0 Å². The molecule has 0 spiro atoms. The van der Waals surface area contributed by atoms with Crippen molar-refractivity contribution in [1.82, 2.24) is 10.6 Å². The molecule has 0 rings (SSSR count). The topological polar surface area (TPSA) is 44.3 Å². The zero-order valence-corrected chi connectivity index (χ0v) is 17.4. The Morgan fingerprint density at radius 3 is 1.25 bits per heavy atom. The summed E-state index contributed by atoms with van der Waals surface area (Å²) in [6.45, 7) is 17.2. The smallest absolute Gasteiger partial charge is 0.0788 e. The Morgan fingerprint density at radius 2 is 0.958 bits per heavy atom. The molecule has 24 heavy (non-hydrogen) atoms. The first-order chi connectivity index (χ1) is 11.5. The molecule has 0 aliphatic rings. The normalized spacial score (nSPS) is 15.9. The SMILES string of the molecule is CCC(CC)CC(C)CNCC(O)CNCC(C)CC(CC)CC. The van der Waals surface area contributed by atoms with Gasteiger partial charge in [-0.3, -0.25) is 0 Å². The molecule has 0 radical (unpaired) electrons. The van der Waals surface area contributed by atoms with E-state index in [1.165, 1.54) is 38.5 Å². The van der Waals surface area contributed by atoms with Crippen LogP contribution in [0.15, 0.2) is 0 Å². The van der Waals surface area contributed by atoms with Crippen LogP contribution in [0.3, 0.4) is 0 Å². The minimum atomic E-state index is -0.286. The van der Waals surface area contributed by atoms with E-state index in [1.54, 1.807) is 0 Å². The number of aliphatic hydroxyl groups excluding tert-OH is 1. The van der Waals surface area contributed by atoms with E-state index in [0.717, 1.165) is 24.9 Å². The summed E-state index contributed by atoms with van der Waals surface area (Å²) in [5, 5.41) is 17.0. The molecule has 0 aromatic heterocycles. The van der Waals surface area contributed by atoms with Crippen LogP contribution in [0.2, 0.25) is 0 Å². The van der Waals surface area contributed by atoms with Gasteiger partial charge < -0.3 is 15.7 Å². The maximum absolute atomic E-state index is 10.1. The van der Waals surface area contributed by atoms with Gasteiger partial charge in [-0.1, -0.05) is 67.2 Å². The maximum Gasteiger partial charge on any atom is 0.0788 e. The summed E-state index contributed by atoms with van der Waals surface area (Å²) in [5.74, 6) is 3.08. The van der Waals surface area contributed by atoms with E-state index in [2.05, 4.69) is 52.2 Å². The van der Waals surface area contributed by atoms with Crippen LogP contribution < -0.4 is 10.6 Å². The second-order valence-electron chi connectivity index (χ2n) is 8.02. The van der Waals surface area contributed by atoms with E-state index in [0.29, 0.717) is 24.9 Å². The summed E-state index contributed by atoms with van der Waals surface area (Å²) in [7, 11) is 0. The highest BCUT2D eigenvalue weighted by molar-refractivity contribution is 4.69. The first-order valence-corrected chi connectivity index (χ1v) is 10.6. The molecule has 2 atom stereocenters. The zero-order valence-electron chi connectivity index (χ0n) is 17.4. The quantitative estimate of drug-likeness (QED) is 0.388. The molecule has 0 amide bonds. The van der Waals surface area contributed by atoms with Gasteiger partial charge in [-0.2, -0.15) is 0 Å². The lowest BCUT2D eigenvalue weighted by Crippen LogP contribution is -2.38. The summed E-state index contributed by atoms with van der Waals surface area (Å²) < 4.78 is 0. The first kappa shape index (κ1) is 23.9. The molecule has 0 fully saturated rings. The van der Waals surface area contributed by atoms with Crippen molar-refractivity contribution in [1.29, 1.82) is 0 Å². The van der Waals surface area contributed by atoms with Gasteiger partial charge in [0, 0.05) is 13.1 Å². The number of nitrogens with one attached hydrogen (secondary N) is 2. The van der Waals surface area contributed by atoms with Gasteiger partial charge in [0.2, 0.25) is 0 Å². The third-order valence-corrected chi connectivity index (χ3v) is 5.53. The van der Waals surface area contributed by atoms with Crippen LogP contribution in [0, 0.1) is 23.7 Å². The Hall–Kier alpha value is -0.120. The van der Waals surface area contributed by atoms with E-state index >= 15 is 0 Å². The number of hydrogen-bond acceptors (Lipinski definition) is 3. The highest BCUT2D eigenvalue weighted by Gasteiger charge is 2.12. The average molecular weight is 343 g/mol. The summed E-state index contributed by atoms with van der Waals surface area (Å²) in [6, 6.07) is 0. The van der Waals surface area contributed by atoms with Crippen molar-refractivity contribution in [2.75, 3.05) is 26.2 Å². The summed E-state index contributed by atoms with van der Waals surface area (Å²) >= 11 is 0. The Balaban J connectivity index is 3.70. The van der Waals surface area contributed by atoms with Crippen molar-refractivity contribution in [3.05, 3.63) is 0 Å². The van der Waals surface area contributed by atoms with Crippen molar-refractivity contribution < 1.29 is 5.11 Å². The summed E-state index contributed by atoms with van der Waals surface area (Å²) in [4.78, 5) is 0. The lowest BCUT2D eigenvalue weighted by atomic mass is 9.91. The van der Waals surface area contributed by atoms with Crippen molar-refractivity contribution in [2.45, 2.75) is 86.2 Å². The van der Waals surface area contributed by atoms with Gasteiger partial charge in [0.15, 0.2) is 0 Å². The fourth-order valence-corrected chi connectivity index (χ4v) is 3.61. The van der Waals surface area contributed by atoms with Crippen LogP contribution >= 0.6 is 0 Å². The standard InChI is InChI=1S/C21H46N2O/c1-7-19(8-2)11-17(5)13-22-15-21(24)16-23-14-18(6)12-20(9-3)10-4/h17-24H,7-16H2,1-6H3. The van der Waals surface area contributed by atoms with E-state index in [9.17, 15) is 5.11 Å². The molecule has 3 heteroatoms. The van der Waals surface area contributed by atoms with Crippen LogP contribution in [0.1, 0.15) is 80.1 Å². The molecule has 3 N–H and O–H groups in total. The van der Waals surface area contributed by atoms with Crippen LogP contribution in [-0.4, -0.2) is 37.4 Å². The van der Waals surface area contributed by atoms with Crippen LogP contribution in [0.4, 0.5) is 0 Å². The second-order valence-corrected chi connectivity index (χ2v) is 8.02. The van der Waals surface area contributed by atoms with E-state index in [4.69, 9.17) is 0 Å². The molecule has 0 bridgehead atoms. The highest BCUT2D eigenvalue weighted by atomic mass is 16.3. The minimum Gasteiger partial charge on any atom is -0.390 e. The van der Waals surface area contributed by atoms with Gasteiger partial charge >= 0.3 is 0 Å². The second kappa shape index (κ2) is 15.2. The Bertz CT molecular complexity index is 239. The van der Waals surface area contributed by atoms with Gasteiger partial charge in [0.25, 0.3) is 0 Å². The molecule has 2 unspecified atom stereocenters. The molecular weight excluding hydrogens is 296 g/mol. The van der Waals surface area contributed by atoms with Crippen molar-refractivity contribution in [3.8, 4) is 0 Å². The van der Waals surface area contributed by atoms with Gasteiger partial charge in [0.05, 0.1) is 6.10 Å². The fraction of sp³-hybridized carbons (Fsp3) is 1.00. The van der Waals surface area contributed by atoms with Crippen molar-refractivity contribution in [2.24, 2.45) is 23.7 Å². The minimum absolute atomic E-state index is 0.286. The fourth-order valence-electron chi connectivity index (χ4n) is 3.61. The number of aliphatic hydroxyl groups is 1. The molecule has 0 heterocycles. The average Bonchev–Trinajstić information content (AvgIpc) is 2.57. The molecule has 0 saturated carbocycles. The Labute approximate surface area is 152 Å². The van der Waals surface area contributed by atoms with Crippen molar-refractivity contribution in [3.63, 3.8) is 0 Å². The van der Waals surface area contributed by atoms with E-state index < -0.39 is 0 Å². The monoisotopic (exact) mass is 342 g/mol. The first-order valence-electron chi connectivity index (χ1n) is 10.6. The Morgan fingerprint density at radius 1 is 0.625 bits per heavy atom. The van der Waals surface area contributed by atoms with Gasteiger partial charge in [0.1, 0.15) is 0 Å². The third-order valence-electron chi connectivity index (χ3n) is 5.53. The molecule has 0 aliphatic carbocycles. The third kappa shape index (κ3) is 12.3.